The molecule has 1 aliphatic heterocycles. The van der Waals surface area contributed by atoms with Crippen LogP contribution in [0.5, 0.6) is 5.75 Å². The van der Waals surface area contributed by atoms with E-state index in [1.165, 1.54) is 12.1 Å². The number of carbonyl (C=O) groups is 2. The van der Waals surface area contributed by atoms with Crippen molar-refractivity contribution in [1.82, 2.24) is 5.32 Å². The Labute approximate surface area is 114 Å². The SMILES string of the molecule is O=C(O)c1ccc(C(=O)NC2COc3ccccc32)o1. The zero-order valence-corrected chi connectivity index (χ0v) is 10.3. The summed E-state index contributed by atoms with van der Waals surface area (Å²) in [4.78, 5) is 22.7. The van der Waals surface area contributed by atoms with E-state index >= 15 is 0 Å². The quantitative estimate of drug-likeness (QED) is 0.890. The lowest BCUT2D eigenvalue weighted by Gasteiger charge is -2.10. The zero-order chi connectivity index (χ0) is 14.1. The average molecular weight is 273 g/mol. The van der Waals surface area contributed by atoms with Crippen molar-refractivity contribution in [3.05, 3.63) is 53.5 Å². The van der Waals surface area contributed by atoms with E-state index in [4.69, 9.17) is 14.3 Å². The number of nitrogens with one attached hydrogen (secondary N) is 1. The molecule has 1 amide bonds. The molecule has 2 aromatic rings. The Balaban J connectivity index is 1.75. The lowest BCUT2D eigenvalue weighted by Crippen LogP contribution is -2.29. The van der Waals surface area contributed by atoms with Crippen LogP contribution in [0.2, 0.25) is 0 Å². The number of hydrogen-bond donors (Lipinski definition) is 2. The maximum absolute atomic E-state index is 12.0. The Morgan fingerprint density at radius 3 is 2.65 bits per heavy atom. The molecule has 2 heterocycles. The number of carbonyl (C=O) groups excluding carboxylic acids is 1. The molecule has 20 heavy (non-hydrogen) atoms. The smallest absolute Gasteiger partial charge is 0.371 e. The molecule has 0 spiro atoms. The fraction of sp³-hybridized carbons (Fsp3) is 0.143. The van der Waals surface area contributed by atoms with Crippen LogP contribution in [-0.2, 0) is 0 Å². The third kappa shape index (κ3) is 2.11. The van der Waals surface area contributed by atoms with Gasteiger partial charge in [0.15, 0.2) is 5.76 Å². The van der Waals surface area contributed by atoms with Crippen molar-refractivity contribution < 1.29 is 23.8 Å². The molecule has 1 aliphatic rings. The van der Waals surface area contributed by atoms with E-state index in [2.05, 4.69) is 5.32 Å². The Morgan fingerprint density at radius 2 is 1.90 bits per heavy atom. The summed E-state index contributed by atoms with van der Waals surface area (Å²) in [5.41, 5.74) is 0.894. The lowest BCUT2D eigenvalue weighted by atomic mass is 10.1. The summed E-state index contributed by atoms with van der Waals surface area (Å²) in [7, 11) is 0. The normalized spacial score (nSPS) is 16.3. The van der Waals surface area contributed by atoms with Crippen LogP contribution in [0.25, 0.3) is 0 Å². The van der Waals surface area contributed by atoms with Crippen molar-refractivity contribution in [3.8, 4) is 5.75 Å². The summed E-state index contributed by atoms with van der Waals surface area (Å²) < 4.78 is 10.4. The first-order valence-electron chi connectivity index (χ1n) is 6.01. The number of ether oxygens (including phenoxy) is 1. The number of aromatic carboxylic acids is 1. The molecule has 3 rings (SSSR count). The number of fused-ring (bicyclic) bond motifs is 1. The monoisotopic (exact) mass is 273 g/mol. The van der Waals surface area contributed by atoms with Gasteiger partial charge in [-0.15, -0.1) is 0 Å². The van der Waals surface area contributed by atoms with E-state index in [-0.39, 0.29) is 17.6 Å². The minimum Gasteiger partial charge on any atom is -0.491 e. The van der Waals surface area contributed by atoms with Crippen molar-refractivity contribution in [1.29, 1.82) is 0 Å². The highest BCUT2D eigenvalue weighted by atomic mass is 16.5. The van der Waals surface area contributed by atoms with Crippen LogP contribution in [0.4, 0.5) is 0 Å². The highest BCUT2D eigenvalue weighted by Gasteiger charge is 2.26. The van der Waals surface area contributed by atoms with E-state index in [0.717, 1.165) is 11.3 Å². The van der Waals surface area contributed by atoms with Crippen molar-refractivity contribution in [2.24, 2.45) is 0 Å². The molecule has 0 fully saturated rings. The number of carboxylic acid groups (broad SMARTS) is 1. The summed E-state index contributed by atoms with van der Waals surface area (Å²) in [6.45, 7) is 0.345. The predicted octanol–water partition coefficient (Wildman–Crippen LogP) is 1.84. The second kappa shape index (κ2) is 4.73. The van der Waals surface area contributed by atoms with Gasteiger partial charge in [0.25, 0.3) is 5.91 Å². The van der Waals surface area contributed by atoms with Gasteiger partial charge in [0, 0.05) is 5.56 Å². The third-order valence-electron chi connectivity index (χ3n) is 3.05. The maximum atomic E-state index is 12.0. The second-order valence-corrected chi connectivity index (χ2v) is 4.34. The molecule has 6 heteroatoms. The van der Waals surface area contributed by atoms with Crippen LogP contribution >= 0.6 is 0 Å². The summed E-state index contributed by atoms with van der Waals surface area (Å²) in [5.74, 6) is -1.24. The molecular weight excluding hydrogens is 262 g/mol. The van der Waals surface area contributed by atoms with E-state index in [9.17, 15) is 9.59 Å². The van der Waals surface area contributed by atoms with E-state index in [1.807, 2.05) is 24.3 Å². The first kappa shape index (κ1) is 12.3. The number of rotatable bonds is 3. The van der Waals surface area contributed by atoms with Crippen molar-refractivity contribution in [2.45, 2.75) is 6.04 Å². The number of carboxylic acids is 1. The van der Waals surface area contributed by atoms with E-state index in [1.54, 1.807) is 0 Å². The topological polar surface area (TPSA) is 88.8 Å². The molecule has 1 atom stereocenters. The Hall–Kier alpha value is -2.76. The van der Waals surface area contributed by atoms with Gasteiger partial charge in [-0.25, -0.2) is 4.79 Å². The van der Waals surface area contributed by atoms with Crippen molar-refractivity contribution >= 4 is 11.9 Å². The largest absolute Gasteiger partial charge is 0.491 e. The number of amides is 1. The molecule has 0 bridgehead atoms. The van der Waals surface area contributed by atoms with Gasteiger partial charge in [-0.1, -0.05) is 18.2 Å². The summed E-state index contributed by atoms with van der Waals surface area (Å²) in [6, 6.07) is 9.74. The van der Waals surface area contributed by atoms with Crippen LogP contribution in [0.1, 0.15) is 32.7 Å². The van der Waals surface area contributed by atoms with E-state index in [0.29, 0.717) is 6.61 Å². The Morgan fingerprint density at radius 1 is 1.15 bits per heavy atom. The molecule has 0 saturated carbocycles. The highest BCUT2D eigenvalue weighted by Crippen LogP contribution is 2.31. The summed E-state index contributed by atoms with van der Waals surface area (Å²) in [6.07, 6.45) is 0. The Bertz CT molecular complexity index is 676. The van der Waals surface area contributed by atoms with Crippen LogP contribution in [0.3, 0.4) is 0 Å². The van der Waals surface area contributed by atoms with Crippen LogP contribution in [0, 0.1) is 0 Å². The first-order valence-corrected chi connectivity index (χ1v) is 6.01. The van der Waals surface area contributed by atoms with Gasteiger partial charge >= 0.3 is 5.97 Å². The molecule has 1 aromatic heterocycles. The number of para-hydroxylation sites is 1. The lowest BCUT2D eigenvalue weighted by molar-refractivity contribution is 0.0659. The van der Waals surface area contributed by atoms with Crippen molar-refractivity contribution in [2.75, 3.05) is 6.61 Å². The molecule has 0 saturated heterocycles. The number of benzene rings is 1. The van der Waals surface area contributed by atoms with Gasteiger partial charge in [-0.3, -0.25) is 4.79 Å². The number of furan rings is 1. The van der Waals surface area contributed by atoms with Gasteiger partial charge in [0.05, 0.1) is 6.04 Å². The van der Waals surface area contributed by atoms with Crippen LogP contribution < -0.4 is 10.1 Å². The van der Waals surface area contributed by atoms with E-state index < -0.39 is 11.9 Å². The van der Waals surface area contributed by atoms with Gasteiger partial charge in [0.1, 0.15) is 12.4 Å². The molecular formula is C14H11NO5. The molecule has 1 aromatic carbocycles. The zero-order valence-electron chi connectivity index (χ0n) is 10.3. The minimum atomic E-state index is -1.21. The van der Waals surface area contributed by atoms with Gasteiger partial charge < -0.3 is 19.6 Å². The Kier molecular flexibility index (Phi) is 2.90. The fourth-order valence-corrected chi connectivity index (χ4v) is 2.09. The molecule has 6 nitrogen and oxygen atoms in total. The molecule has 102 valence electrons. The van der Waals surface area contributed by atoms with Gasteiger partial charge in [0.2, 0.25) is 5.76 Å². The number of hydrogen-bond acceptors (Lipinski definition) is 4. The molecule has 1 unspecified atom stereocenters. The van der Waals surface area contributed by atoms with Gasteiger partial charge in [-0.2, -0.15) is 0 Å². The average Bonchev–Trinajstić information content (AvgIpc) is 3.06. The van der Waals surface area contributed by atoms with Crippen LogP contribution in [-0.4, -0.2) is 23.6 Å². The third-order valence-corrected chi connectivity index (χ3v) is 3.05. The molecule has 0 radical (unpaired) electrons. The highest BCUT2D eigenvalue weighted by molar-refractivity contribution is 5.93. The van der Waals surface area contributed by atoms with Gasteiger partial charge in [-0.05, 0) is 18.2 Å². The predicted molar refractivity (Wildman–Crippen MR) is 67.8 cm³/mol. The first-order chi connectivity index (χ1) is 9.65. The summed E-state index contributed by atoms with van der Waals surface area (Å²) in [5, 5.41) is 11.5. The maximum Gasteiger partial charge on any atom is 0.371 e. The van der Waals surface area contributed by atoms with Crippen molar-refractivity contribution in [3.63, 3.8) is 0 Å². The molecule has 2 N–H and O–H groups in total. The minimum absolute atomic E-state index is 0.0354. The van der Waals surface area contributed by atoms with Crippen LogP contribution in [0.15, 0.2) is 40.8 Å². The second-order valence-electron chi connectivity index (χ2n) is 4.34. The standard InChI is InChI=1S/C14H11NO5/c16-13(11-5-6-12(20-11)14(17)18)15-9-7-19-10-4-2-1-3-8(9)10/h1-6,9H,7H2,(H,15,16)(H,17,18). The molecule has 0 aliphatic carbocycles. The summed E-state index contributed by atoms with van der Waals surface area (Å²) >= 11 is 0. The fourth-order valence-electron chi connectivity index (χ4n) is 2.09.